The average molecular weight is 232 g/mol. The number of hydrogen-bond acceptors (Lipinski definition) is 1. The molecule has 0 fully saturated rings. The van der Waals surface area contributed by atoms with Gasteiger partial charge in [-0.05, 0) is 12.1 Å². The topological polar surface area (TPSA) is 12.9 Å². The van der Waals surface area contributed by atoms with Crippen LogP contribution in [0.15, 0.2) is 18.3 Å². The molecule has 0 aliphatic carbocycles. The summed E-state index contributed by atoms with van der Waals surface area (Å²) >= 11 is 5.35. The Balaban J connectivity index is 0.00000144. The molecule has 1 aromatic rings. The second-order valence-corrected chi connectivity index (χ2v) is 2.44. The highest BCUT2D eigenvalue weighted by Crippen LogP contribution is 2.28. The molecule has 0 aromatic carbocycles. The minimum absolute atomic E-state index is 0. The molecule has 0 saturated carbocycles. The Kier molecular flexibility index (Phi) is 4.50. The summed E-state index contributed by atoms with van der Waals surface area (Å²) in [7, 11) is 0. The summed E-state index contributed by atoms with van der Waals surface area (Å²) < 4.78 is 35.9. The summed E-state index contributed by atoms with van der Waals surface area (Å²) in [6.07, 6.45) is -3.55. The lowest BCUT2D eigenvalue weighted by Gasteiger charge is -2.05. The van der Waals surface area contributed by atoms with Crippen molar-refractivity contribution in [2.24, 2.45) is 0 Å². The number of pyridine rings is 1. The van der Waals surface area contributed by atoms with E-state index >= 15 is 0 Å². The Labute approximate surface area is 84.3 Å². The summed E-state index contributed by atoms with van der Waals surface area (Å²) in [5.41, 5.74) is -0.318. The highest BCUT2D eigenvalue weighted by atomic mass is 35.5. The predicted octanol–water partition coefficient (Wildman–Crippen LogP) is 3.26. The third-order valence-electron chi connectivity index (χ3n) is 1.29. The highest BCUT2D eigenvalue weighted by molar-refractivity contribution is 6.16. The summed E-state index contributed by atoms with van der Waals surface area (Å²) in [4.78, 5) is 3.51. The Hall–Kier alpha value is -0.480. The number of halogens is 5. The van der Waals surface area contributed by atoms with Crippen molar-refractivity contribution < 1.29 is 13.2 Å². The maximum atomic E-state index is 12.0. The summed E-state index contributed by atoms with van der Waals surface area (Å²) in [5.74, 6) is 0.123. The summed E-state index contributed by atoms with van der Waals surface area (Å²) in [6, 6.07) is 2.22. The number of rotatable bonds is 1. The molecule has 1 heterocycles. The molecule has 0 aliphatic heterocycles. The van der Waals surface area contributed by atoms with Crippen LogP contribution in [0.2, 0.25) is 0 Å². The Morgan fingerprint density at radius 2 is 1.92 bits per heavy atom. The van der Waals surface area contributed by atoms with Gasteiger partial charge in [0.2, 0.25) is 0 Å². The van der Waals surface area contributed by atoms with Gasteiger partial charge in [0.1, 0.15) is 0 Å². The lowest BCUT2D eigenvalue weighted by Crippen LogP contribution is -2.05. The Morgan fingerprint density at radius 3 is 2.23 bits per heavy atom. The van der Waals surface area contributed by atoms with E-state index in [4.69, 9.17) is 11.6 Å². The molecule has 1 nitrogen and oxygen atoms in total. The first-order chi connectivity index (χ1) is 5.54. The second kappa shape index (κ2) is 4.67. The van der Waals surface area contributed by atoms with Crippen molar-refractivity contribution >= 4 is 24.0 Å². The number of aromatic nitrogens is 1. The molecular formula is C7H6Cl2F3N. The first kappa shape index (κ1) is 12.5. The first-order valence-electron chi connectivity index (χ1n) is 3.12. The van der Waals surface area contributed by atoms with E-state index in [0.717, 1.165) is 12.3 Å². The molecule has 6 heteroatoms. The van der Waals surface area contributed by atoms with Gasteiger partial charge in [-0.25, -0.2) is 0 Å². The minimum atomic E-state index is -4.32. The van der Waals surface area contributed by atoms with Gasteiger partial charge in [0.15, 0.2) is 0 Å². The van der Waals surface area contributed by atoms with Gasteiger partial charge in [0.25, 0.3) is 0 Å². The smallest absolute Gasteiger partial charge is 0.259 e. The van der Waals surface area contributed by atoms with Crippen LogP contribution in [0.25, 0.3) is 0 Å². The van der Waals surface area contributed by atoms with Gasteiger partial charge in [-0.2, -0.15) is 13.2 Å². The SMILES string of the molecule is Cl.FC(F)(F)c1ccc(CCl)nc1. The van der Waals surface area contributed by atoms with Crippen molar-refractivity contribution in [3.05, 3.63) is 29.6 Å². The van der Waals surface area contributed by atoms with Gasteiger partial charge in [-0.15, -0.1) is 24.0 Å². The zero-order chi connectivity index (χ0) is 9.19. The van der Waals surface area contributed by atoms with E-state index in [1.165, 1.54) is 6.07 Å². The molecule has 0 aliphatic rings. The predicted molar refractivity (Wildman–Crippen MR) is 46.0 cm³/mol. The maximum Gasteiger partial charge on any atom is 0.417 e. The molecule has 13 heavy (non-hydrogen) atoms. The van der Waals surface area contributed by atoms with E-state index in [1.807, 2.05) is 0 Å². The van der Waals surface area contributed by atoms with Crippen LogP contribution in [0.1, 0.15) is 11.3 Å². The van der Waals surface area contributed by atoms with Crippen LogP contribution < -0.4 is 0 Å². The maximum absolute atomic E-state index is 12.0. The van der Waals surface area contributed by atoms with E-state index in [0.29, 0.717) is 5.69 Å². The zero-order valence-electron chi connectivity index (χ0n) is 6.31. The highest BCUT2D eigenvalue weighted by Gasteiger charge is 2.30. The molecule has 0 bridgehead atoms. The number of alkyl halides is 4. The largest absolute Gasteiger partial charge is 0.417 e. The van der Waals surface area contributed by atoms with Crippen molar-refractivity contribution in [3.8, 4) is 0 Å². The molecule has 0 atom stereocenters. The quantitative estimate of drug-likeness (QED) is 0.677. The van der Waals surface area contributed by atoms with Gasteiger partial charge >= 0.3 is 6.18 Å². The van der Waals surface area contributed by atoms with Gasteiger partial charge in [0.05, 0.1) is 17.1 Å². The molecular weight excluding hydrogens is 226 g/mol. The molecule has 74 valence electrons. The third kappa shape index (κ3) is 3.40. The van der Waals surface area contributed by atoms with Gasteiger partial charge in [0, 0.05) is 6.20 Å². The molecule has 0 unspecified atom stereocenters. The van der Waals surface area contributed by atoms with Gasteiger partial charge in [-0.1, -0.05) is 0 Å². The Bertz CT molecular complexity index is 257. The minimum Gasteiger partial charge on any atom is -0.259 e. The fourth-order valence-electron chi connectivity index (χ4n) is 0.671. The van der Waals surface area contributed by atoms with Crippen LogP contribution in [-0.4, -0.2) is 4.98 Å². The van der Waals surface area contributed by atoms with Crippen molar-refractivity contribution in [2.75, 3.05) is 0 Å². The monoisotopic (exact) mass is 231 g/mol. The van der Waals surface area contributed by atoms with Crippen molar-refractivity contribution in [1.82, 2.24) is 4.98 Å². The molecule has 0 amide bonds. The lowest BCUT2D eigenvalue weighted by atomic mass is 10.2. The zero-order valence-corrected chi connectivity index (χ0v) is 7.88. The van der Waals surface area contributed by atoms with Crippen molar-refractivity contribution in [1.29, 1.82) is 0 Å². The average Bonchev–Trinajstić information content (AvgIpc) is 2.03. The molecule has 1 rings (SSSR count). The van der Waals surface area contributed by atoms with Crippen LogP contribution in [0.5, 0.6) is 0 Å². The Morgan fingerprint density at radius 1 is 1.31 bits per heavy atom. The van der Waals surface area contributed by atoms with Gasteiger partial charge < -0.3 is 0 Å². The van der Waals surface area contributed by atoms with E-state index in [-0.39, 0.29) is 18.3 Å². The van der Waals surface area contributed by atoms with E-state index < -0.39 is 11.7 Å². The van der Waals surface area contributed by atoms with Gasteiger partial charge in [-0.3, -0.25) is 4.98 Å². The van der Waals surface area contributed by atoms with Crippen molar-refractivity contribution in [3.63, 3.8) is 0 Å². The van der Waals surface area contributed by atoms with Crippen LogP contribution >= 0.6 is 24.0 Å². The third-order valence-corrected chi connectivity index (χ3v) is 1.56. The molecule has 0 saturated heterocycles. The first-order valence-corrected chi connectivity index (χ1v) is 3.65. The van der Waals surface area contributed by atoms with E-state index in [9.17, 15) is 13.2 Å². The molecule has 0 N–H and O–H groups in total. The van der Waals surface area contributed by atoms with Crippen LogP contribution in [0, 0.1) is 0 Å². The fraction of sp³-hybridized carbons (Fsp3) is 0.286. The number of hydrogen-bond donors (Lipinski definition) is 0. The van der Waals surface area contributed by atoms with E-state index in [2.05, 4.69) is 4.98 Å². The van der Waals surface area contributed by atoms with Crippen molar-refractivity contribution in [2.45, 2.75) is 12.1 Å². The standard InChI is InChI=1S/C7H5ClF3N.ClH/c8-3-6-2-1-5(4-12-6)7(9,10)11;/h1-2,4H,3H2;1H. The lowest BCUT2D eigenvalue weighted by molar-refractivity contribution is -0.137. The molecule has 0 spiro atoms. The summed E-state index contributed by atoms with van der Waals surface area (Å²) in [5, 5.41) is 0. The van der Waals surface area contributed by atoms with E-state index in [1.54, 1.807) is 0 Å². The molecule has 1 aromatic heterocycles. The van der Waals surface area contributed by atoms with Crippen LogP contribution in [0.4, 0.5) is 13.2 Å². The second-order valence-electron chi connectivity index (χ2n) is 2.17. The normalized spacial score (nSPS) is 10.8. The van der Waals surface area contributed by atoms with Crippen LogP contribution in [0.3, 0.4) is 0 Å². The fourth-order valence-corrected chi connectivity index (χ4v) is 0.829. The molecule has 0 radical (unpaired) electrons. The number of nitrogens with zero attached hydrogens (tertiary/aromatic N) is 1. The van der Waals surface area contributed by atoms with Crippen LogP contribution in [-0.2, 0) is 12.1 Å². The summed E-state index contributed by atoms with van der Waals surface area (Å²) in [6.45, 7) is 0.